The average Bonchev–Trinajstić information content (AvgIpc) is 2.63. The maximum atomic E-state index is 12.4. The summed E-state index contributed by atoms with van der Waals surface area (Å²) in [4.78, 5) is 14.4. The summed E-state index contributed by atoms with van der Waals surface area (Å²) in [6.45, 7) is 1.91. The van der Waals surface area contributed by atoms with Crippen molar-refractivity contribution in [2.75, 3.05) is 20.2 Å². The van der Waals surface area contributed by atoms with Gasteiger partial charge < -0.3 is 15.0 Å². The summed E-state index contributed by atoms with van der Waals surface area (Å²) in [5.74, 6) is 0.998. The number of methoxy groups -OCH3 is 1. The first-order chi connectivity index (χ1) is 11.8. The molecule has 0 unspecified atom stereocenters. The number of hydrogen-bond donors (Lipinski definition) is 1. The zero-order valence-electron chi connectivity index (χ0n) is 14.1. The summed E-state index contributed by atoms with van der Waals surface area (Å²) in [6, 6.07) is 18.6. The van der Waals surface area contributed by atoms with Crippen LogP contribution in [0, 0.1) is 0 Å². The highest BCUT2D eigenvalue weighted by Gasteiger charge is 2.27. The van der Waals surface area contributed by atoms with Gasteiger partial charge in [-0.1, -0.05) is 42.5 Å². The minimum atomic E-state index is 0.169. The molecule has 0 bridgehead atoms. The lowest BCUT2D eigenvalue weighted by Gasteiger charge is -2.36. The summed E-state index contributed by atoms with van der Waals surface area (Å²) < 4.78 is 5.29. The van der Waals surface area contributed by atoms with Gasteiger partial charge >= 0.3 is 0 Å². The predicted octanol–water partition coefficient (Wildman–Crippen LogP) is 2.63. The molecule has 1 saturated heterocycles. The highest BCUT2D eigenvalue weighted by Crippen LogP contribution is 2.19. The second kappa shape index (κ2) is 7.97. The summed E-state index contributed by atoms with van der Waals surface area (Å²) in [7, 11) is 1.66. The Labute approximate surface area is 143 Å². The van der Waals surface area contributed by atoms with Crippen LogP contribution < -0.4 is 10.1 Å². The van der Waals surface area contributed by atoms with E-state index in [1.165, 1.54) is 5.56 Å². The van der Waals surface area contributed by atoms with Crippen molar-refractivity contribution < 1.29 is 9.53 Å². The number of aryl methyl sites for hydroxylation is 1. The summed E-state index contributed by atoms with van der Waals surface area (Å²) >= 11 is 0. The van der Waals surface area contributed by atoms with Gasteiger partial charge in [-0.2, -0.15) is 0 Å². The molecular weight excluding hydrogens is 300 g/mol. The minimum Gasteiger partial charge on any atom is -0.497 e. The maximum absolute atomic E-state index is 12.4. The molecule has 4 nitrogen and oxygen atoms in total. The predicted molar refractivity (Wildman–Crippen MR) is 95.0 cm³/mol. The maximum Gasteiger partial charge on any atom is 0.237 e. The molecule has 1 aliphatic heterocycles. The van der Waals surface area contributed by atoms with Crippen LogP contribution in [-0.4, -0.2) is 37.0 Å². The van der Waals surface area contributed by atoms with Gasteiger partial charge in [-0.05, 0) is 36.1 Å². The molecule has 1 N–H and O–H groups in total. The van der Waals surface area contributed by atoms with E-state index in [0.29, 0.717) is 13.1 Å². The fourth-order valence-electron chi connectivity index (χ4n) is 3.18. The van der Waals surface area contributed by atoms with E-state index < -0.39 is 0 Å². The molecule has 1 fully saturated rings. The molecule has 3 rings (SSSR count). The Morgan fingerprint density at radius 1 is 1.12 bits per heavy atom. The molecule has 0 radical (unpaired) electrons. The van der Waals surface area contributed by atoms with Crippen molar-refractivity contribution in [3.05, 3.63) is 65.7 Å². The number of benzene rings is 2. The second-order valence-corrected chi connectivity index (χ2v) is 6.18. The smallest absolute Gasteiger partial charge is 0.237 e. The van der Waals surface area contributed by atoms with Crippen LogP contribution in [0.1, 0.15) is 17.5 Å². The number of carbonyl (C=O) groups excluding carboxylic acids is 1. The van der Waals surface area contributed by atoms with E-state index >= 15 is 0 Å². The number of ether oxygens (including phenoxy) is 1. The third-order valence-corrected chi connectivity index (χ3v) is 4.51. The fourth-order valence-corrected chi connectivity index (χ4v) is 3.18. The van der Waals surface area contributed by atoms with Gasteiger partial charge in [-0.3, -0.25) is 4.79 Å². The van der Waals surface area contributed by atoms with Crippen LogP contribution >= 0.6 is 0 Å². The number of hydrogen-bond acceptors (Lipinski definition) is 3. The van der Waals surface area contributed by atoms with Gasteiger partial charge in [0.05, 0.1) is 13.7 Å². The number of nitrogens with zero attached hydrogens (tertiary/aromatic N) is 1. The first-order valence-electron chi connectivity index (χ1n) is 8.43. The molecule has 24 heavy (non-hydrogen) atoms. The largest absolute Gasteiger partial charge is 0.497 e. The van der Waals surface area contributed by atoms with Gasteiger partial charge in [-0.15, -0.1) is 0 Å². The summed E-state index contributed by atoms with van der Waals surface area (Å²) in [5.41, 5.74) is 2.42. The van der Waals surface area contributed by atoms with Gasteiger partial charge in [0, 0.05) is 19.1 Å². The molecular formula is C20H24N2O2. The summed E-state index contributed by atoms with van der Waals surface area (Å²) in [5, 5.41) is 3.24. The molecule has 1 aliphatic rings. The van der Waals surface area contributed by atoms with Crippen molar-refractivity contribution >= 4 is 5.91 Å². The second-order valence-electron chi connectivity index (χ2n) is 6.18. The summed E-state index contributed by atoms with van der Waals surface area (Å²) in [6.07, 6.45) is 1.95. The van der Waals surface area contributed by atoms with E-state index in [1.54, 1.807) is 7.11 Å². The van der Waals surface area contributed by atoms with Gasteiger partial charge in [-0.25, -0.2) is 0 Å². The minimum absolute atomic E-state index is 0.169. The van der Waals surface area contributed by atoms with Gasteiger partial charge in [0.1, 0.15) is 5.75 Å². The van der Waals surface area contributed by atoms with Crippen LogP contribution in [0.15, 0.2) is 54.6 Å². The van der Waals surface area contributed by atoms with Gasteiger partial charge in [0.15, 0.2) is 0 Å². The van der Waals surface area contributed by atoms with Gasteiger partial charge in [0.2, 0.25) is 5.91 Å². The zero-order valence-corrected chi connectivity index (χ0v) is 14.1. The van der Waals surface area contributed by atoms with Crippen LogP contribution in [-0.2, 0) is 17.8 Å². The van der Waals surface area contributed by atoms with Crippen LogP contribution in [0.25, 0.3) is 0 Å². The number of rotatable bonds is 6. The number of carbonyl (C=O) groups is 1. The molecule has 2 aromatic rings. The van der Waals surface area contributed by atoms with E-state index in [0.717, 1.165) is 30.7 Å². The standard InChI is InChI=1S/C20H24N2O2/c1-24-19-9-5-8-17(12-19)15-22-18(13-21-14-20(22)23)11-10-16-6-3-2-4-7-16/h2-9,12,18,21H,10-11,13-15H2,1H3/t18-/m0/s1. The molecule has 1 heterocycles. The Morgan fingerprint density at radius 3 is 2.71 bits per heavy atom. The first kappa shape index (κ1) is 16.5. The van der Waals surface area contributed by atoms with Crippen LogP contribution in [0.5, 0.6) is 5.75 Å². The molecule has 1 amide bonds. The van der Waals surface area contributed by atoms with E-state index in [-0.39, 0.29) is 11.9 Å². The quantitative estimate of drug-likeness (QED) is 0.888. The van der Waals surface area contributed by atoms with Crippen molar-refractivity contribution in [2.45, 2.75) is 25.4 Å². The van der Waals surface area contributed by atoms with Crippen molar-refractivity contribution in [3.63, 3.8) is 0 Å². The Kier molecular flexibility index (Phi) is 5.49. The topological polar surface area (TPSA) is 41.6 Å². The fraction of sp³-hybridized carbons (Fsp3) is 0.350. The average molecular weight is 324 g/mol. The van der Waals surface area contributed by atoms with Crippen molar-refractivity contribution in [2.24, 2.45) is 0 Å². The molecule has 0 aromatic heterocycles. The number of amides is 1. The molecule has 2 aromatic carbocycles. The number of piperazine rings is 1. The Bertz CT molecular complexity index is 672. The van der Waals surface area contributed by atoms with E-state index in [1.807, 2.05) is 35.2 Å². The molecule has 0 saturated carbocycles. The zero-order chi connectivity index (χ0) is 16.8. The lowest BCUT2D eigenvalue weighted by molar-refractivity contribution is -0.135. The molecule has 4 heteroatoms. The first-order valence-corrected chi connectivity index (χ1v) is 8.43. The van der Waals surface area contributed by atoms with E-state index in [9.17, 15) is 4.79 Å². The monoisotopic (exact) mass is 324 g/mol. The third-order valence-electron chi connectivity index (χ3n) is 4.51. The lowest BCUT2D eigenvalue weighted by Crippen LogP contribution is -2.54. The van der Waals surface area contributed by atoms with Gasteiger partial charge in [0.25, 0.3) is 0 Å². The van der Waals surface area contributed by atoms with Crippen LogP contribution in [0.4, 0.5) is 0 Å². The number of nitrogens with one attached hydrogen (secondary N) is 1. The van der Waals surface area contributed by atoms with Crippen LogP contribution in [0.3, 0.4) is 0 Å². The third kappa shape index (κ3) is 4.15. The van der Waals surface area contributed by atoms with E-state index in [4.69, 9.17) is 4.74 Å². The normalized spacial score (nSPS) is 17.8. The van der Waals surface area contributed by atoms with E-state index in [2.05, 4.69) is 29.6 Å². The molecule has 0 spiro atoms. The lowest BCUT2D eigenvalue weighted by atomic mass is 10.0. The molecule has 126 valence electrons. The Morgan fingerprint density at radius 2 is 1.92 bits per heavy atom. The highest BCUT2D eigenvalue weighted by atomic mass is 16.5. The Balaban J connectivity index is 1.68. The highest BCUT2D eigenvalue weighted by molar-refractivity contribution is 5.79. The Hall–Kier alpha value is -2.33. The van der Waals surface area contributed by atoms with Crippen molar-refractivity contribution in [1.82, 2.24) is 10.2 Å². The van der Waals surface area contributed by atoms with Crippen molar-refractivity contribution in [3.8, 4) is 5.75 Å². The SMILES string of the molecule is COc1cccc(CN2C(=O)CNC[C@@H]2CCc2ccccc2)c1. The molecule has 1 atom stereocenters. The van der Waals surface area contributed by atoms with Crippen molar-refractivity contribution in [1.29, 1.82) is 0 Å². The van der Waals surface area contributed by atoms with Crippen LogP contribution in [0.2, 0.25) is 0 Å². The molecule has 0 aliphatic carbocycles.